The lowest BCUT2D eigenvalue weighted by Crippen LogP contribution is -2.14. The zero-order chi connectivity index (χ0) is 15.1. The molecule has 2 heteroatoms. The van der Waals surface area contributed by atoms with E-state index < -0.39 is 11.7 Å². The Kier molecular flexibility index (Phi) is 7.18. The average molecular weight is 282 g/mol. The molecule has 0 nitrogen and oxygen atoms in total. The Labute approximate surface area is 122 Å². The molecule has 1 fully saturated rings. The third-order valence-corrected chi connectivity index (χ3v) is 4.64. The molecule has 1 rings (SSSR count). The van der Waals surface area contributed by atoms with E-state index in [0.29, 0.717) is 18.8 Å². The number of hydrogen-bond donors (Lipinski definition) is 0. The van der Waals surface area contributed by atoms with Gasteiger partial charge in [0.1, 0.15) is 0 Å². The summed E-state index contributed by atoms with van der Waals surface area (Å²) in [4.78, 5) is 0. The second-order valence-corrected chi connectivity index (χ2v) is 6.02. The van der Waals surface area contributed by atoms with Crippen LogP contribution in [0.4, 0.5) is 8.78 Å². The molecule has 0 aliphatic heterocycles. The van der Waals surface area contributed by atoms with Crippen molar-refractivity contribution in [3.63, 3.8) is 0 Å². The largest absolute Gasteiger partial charge is 0.203 e. The van der Waals surface area contributed by atoms with Gasteiger partial charge in [0.25, 0.3) is 0 Å². The first-order chi connectivity index (χ1) is 9.49. The van der Waals surface area contributed by atoms with Gasteiger partial charge in [-0.1, -0.05) is 59.1 Å². The van der Waals surface area contributed by atoms with Crippen molar-refractivity contribution < 1.29 is 8.78 Å². The van der Waals surface area contributed by atoms with E-state index in [2.05, 4.69) is 20.1 Å². The van der Waals surface area contributed by atoms with Gasteiger partial charge in [0, 0.05) is 0 Å². The first kappa shape index (κ1) is 17.1. The monoisotopic (exact) mass is 282 g/mol. The van der Waals surface area contributed by atoms with Gasteiger partial charge in [0.2, 0.25) is 0 Å². The van der Waals surface area contributed by atoms with Crippen LogP contribution in [-0.4, -0.2) is 0 Å². The number of halogens is 2. The van der Waals surface area contributed by atoms with Gasteiger partial charge in [-0.05, 0) is 42.2 Å². The van der Waals surface area contributed by atoms with Crippen molar-refractivity contribution in [2.45, 2.75) is 65.2 Å². The van der Waals surface area contributed by atoms with Crippen molar-refractivity contribution in [2.24, 2.45) is 11.8 Å². The molecule has 0 spiro atoms. The zero-order valence-electron chi connectivity index (χ0n) is 13.0. The van der Waals surface area contributed by atoms with Crippen molar-refractivity contribution in [3.8, 4) is 0 Å². The molecule has 20 heavy (non-hydrogen) atoms. The molecule has 0 amide bonds. The maximum Gasteiger partial charge on any atom is 0.161 e. The van der Waals surface area contributed by atoms with Crippen LogP contribution < -0.4 is 0 Å². The van der Waals surface area contributed by atoms with Crippen LogP contribution in [0.15, 0.2) is 36.0 Å². The molecule has 0 aromatic carbocycles. The molecule has 0 aromatic rings. The van der Waals surface area contributed by atoms with E-state index in [1.54, 1.807) is 6.92 Å². The van der Waals surface area contributed by atoms with Gasteiger partial charge >= 0.3 is 0 Å². The minimum absolute atomic E-state index is 0.215. The highest BCUT2D eigenvalue weighted by molar-refractivity contribution is 5.34. The van der Waals surface area contributed by atoms with Gasteiger partial charge in [0.05, 0.1) is 0 Å². The molecule has 1 aliphatic rings. The Bertz CT molecular complexity index is 371. The van der Waals surface area contributed by atoms with Crippen LogP contribution in [0.5, 0.6) is 0 Å². The number of rotatable bonds is 7. The summed E-state index contributed by atoms with van der Waals surface area (Å²) in [6.07, 6.45) is 8.18. The molecule has 0 radical (unpaired) electrons. The van der Waals surface area contributed by atoms with Gasteiger partial charge in [-0.15, -0.1) is 0 Å². The SMILES string of the molecule is C=C(CC)/C(F)=C(/F)C(=C)CCC1CCC(CC)CC1. The highest BCUT2D eigenvalue weighted by Gasteiger charge is 2.20. The first-order valence-electron chi connectivity index (χ1n) is 7.91. The molecule has 114 valence electrons. The van der Waals surface area contributed by atoms with Crippen LogP contribution in [0.1, 0.15) is 65.2 Å². The Hall–Kier alpha value is -0.920. The van der Waals surface area contributed by atoms with Crippen molar-refractivity contribution in [1.82, 2.24) is 0 Å². The molecule has 0 unspecified atom stereocenters. The molecular weight excluding hydrogens is 254 g/mol. The maximum absolute atomic E-state index is 13.8. The minimum atomic E-state index is -0.813. The first-order valence-corrected chi connectivity index (χ1v) is 7.91. The second kappa shape index (κ2) is 8.39. The van der Waals surface area contributed by atoms with E-state index >= 15 is 0 Å². The van der Waals surface area contributed by atoms with E-state index in [-0.39, 0.29) is 11.1 Å². The van der Waals surface area contributed by atoms with E-state index in [4.69, 9.17) is 0 Å². The molecule has 0 bridgehead atoms. The predicted octanol–water partition coefficient (Wildman–Crippen LogP) is 6.66. The summed E-state index contributed by atoms with van der Waals surface area (Å²) < 4.78 is 27.5. The summed E-state index contributed by atoms with van der Waals surface area (Å²) in [5.74, 6) is -0.0810. The Morgan fingerprint density at radius 1 is 0.900 bits per heavy atom. The summed E-state index contributed by atoms with van der Waals surface area (Å²) in [5.41, 5.74) is 0.502. The Morgan fingerprint density at radius 2 is 1.40 bits per heavy atom. The van der Waals surface area contributed by atoms with Gasteiger partial charge in [-0.2, -0.15) is 0 Å². The summed E-state index contributed by atoms with van der Waals surface area (Å²) >= 11 is 0. The van der Waals surface area contributed by atoms with Crippen molar-refractivity contribution in [2.75, 3.05) is 0 Å². The molecule has 1 saturated carbocycles. The smallest absolute Gasteiger partial charge is 0.161 e. The van der Waals surface area contributed by atoms with E-state index in [1.807, 2.05) is 0 Å². The maximum atomic E-state index is 13.8. The zero-order valence-corrected chi connectivity index (χ0v) is 13.0. The third-order valence-electron chi connectivity index (χ3n) is 4.64. The molecular formula is C18H28F2. The molecule has 0 heterocycles. The van der Waals surface area contributed by atoms with Crippen LogP contribution in [0.2, 0.25) is 0 Å². The topological polar surface area (TPSA) is 0 Å². The predicted molar refractivity (Wildman–Crippen MR) is 82.8 cm³/mol. The third kappa shape index (κ3) is 4.88. The fraction of sp³-hybridized carbons (Fsp3) is 0.667. The molecule has 0 atom stereocenters. The van der Waals surface area contributed by atoms with Crippen LogP contribution >= 0.6 is 0 Å². The highest BCUT2D eigenvalue weighted by atomic mass is 19.2. The molecule has 0 N–H and O–H groups in total. The summed E-state index contributed by atoms with van der Waals surface area (Å²) in [7, 11) is 0. The van der Waals surface area contributed by atoms with Crippen LogP contribution in [0, 0.1) is 11.8 Å². The lowest BCUT2D eigenvalue weighted by Gasteiger charge is -2.27. The Balaban J connectivity index is 2.42. The normalized spacial score (nSPS) is 24.2. The van der Waals surface area contributed by atoms with Crippen molar-refractivity contribution in [1.29, 1.82) is 0 Å². The minimum Gasteiger partial charge on any atom is -0.203 e. The fourth-order valence-electron chi connectivity index (χ4n) is 2.88. The molecule has 1 aliphatic carbocycles. The quantitative estimate of drug-likeness (QED) is 0.458. The number of allylic oxidation sites excluding steroid dienone is 4. The fourth-order valence-corrected chi connectivity index (χ4v) is 2.88. The summed E-state index contributed by atoms with van der Waals surface area (Å²) in [5, 5.41) is 0. The van der Waals surface area contributed by atoms with E-state index in [9.17, 15) is 8.78 Å². The van der Waals surface area contributed by atoms with Gasteiger partial charge in [0.15, 0.2) is 11.7 Å². The Morgan fingerprint density at radius 3 is 1.90 bits per heavy atom. The molecule has 0 saturated heterocycles. The van der Waals surface area contributed by atoms with Gasteiger partial charge in [-0.3, -0.25) is 0 Å². The van der Waals surface area contributed by atoms with E-state index in [1.165, 1.54) is 32.1 Å². The lowest BCUT2D eigenvalue weighted by atomic mass is 9.78. The number of hydrogen-bond acceptors (Lipinski definition) is 0. The summed E-state index contributed by atoms with van der Waals surface area (Å²) in [6, 6.07) is 0. The van der Waals surface area contributed by atoms with Gasteiger partial charge in [-0.25, -0.2) is 8.78 Å². The second-order valence-electron chi connectivity index (χ2n) is 6.02. The summed E-state index contributed by atoms with van der Waals surface area (Å²) in [6.45, 7) is 11.2. The van der Waals surface area contributed by atoms with Crippen LogP contribution in [-0.2, 0) is 0 Å². The van der Waals surface area contributed by atoms with Crippen molar-refractivity contribution in [3.05, 3.63) is 36.0 Å². The van der Waals surface area contributed by atoms with Crippen LogP contribution in [0.25, 0.3) is 0 Å². The lowest BCUT2D eigenvalue weighted by molar-refractivity contribution is 0.258. The molecule has 0 aromatic heterocycles. The van der Waals surface area contributed by atoms with Crippen molar-refractivity contribution >= 4 is 0 Å². The standard InChI is InChI=1S/C18H28F2/c1-5-13(3)17(19)18(20)14(4)7-8-16-11-9-15(6-2)10-12-16/h15-16H,3-12H2,1-2H3/b18-17-. The average Bonchev–Trinajstić information content (AvgIpc) is 2.50. The van der Waals surface area contributed by atoms with Crippen LogP contribution in [0.3, 0.4) is 0 Å². The van der Waals surface area contributed by atoms with E-state index in [0.717, 1.165) is 12.3 Å². The van der Waals surface area contributed by atoms with Gasteiger partial charge < -0.3 is 0 Å². The highest BCUT2D eigenvalue weighted by Crippen LogP contribution is 2.35.